The zero-order valence-electron chi connectivity index (χ0n) is 17.2. The van der Waals surface area contributed by atoms with Gasteiger partial charge >= 0.3 is 0 Å². The highest BCUT2D eigenvalue weighted by Crippen LogP contribution is 2.44. The van der Waals surface area contributed by atoms with Gasteiger partial charge in [0, 0.05) is 29.4 Å². The summed E-state index contributed by atoms with van der Waals surface area (Å²) in [4.78, 5) is 27.4. The number of anilines is 2. The van der Waals surface area contributed by atoms with E-state index in [0.29, 0.717) is 34.0 Å². The van der Waals surface area contributed by atoms with Gasteiger partial charge in [-0.25, -0.2) is 0 Å². The van der Waals surface area contributed by atoms with Crippen LogP contribution in [0.1, 0.15) is 11.1 Å². The van der Waals surface area contributed by atoms with Crippen molar-refractivity contribution in [2.75, 3.05) is 31.0 Å². The number of ether oxygens (including phenoxy) is 2. The summed E-state index contributed by atoms with van der Waals surface area (Å²) in [6.07, 6.45) is 0. The molecular weight excluding hydrogens is 396 g/mol. The van der Waals surface area contributed by atoms with Crippen molar-refractivity contribution in [3.8, 4) is 11.5 Å². The van der Waals surface area contributed by atoms with Crippen molar-refractivity contribution in [3.05, 3.63) is 83.9 Å². The lowest BCUT2D eigenvalue weighted by molar-refractivity contribution is -0.133. The molecule has 0 fully saturated rings. The standard InChI is InChI=1S/C24H22N2O5/c1-30-18-12-17(13-19(14-18)31-2)25-22(27)15-26-21-11-7-6-10-20(21)24(29,23(26)28)16-8-4-3-5-9-16/h3-14,29H,15H2,1-2H3,(H,25,27). The number of aliphatic hydroxyl groups is 1. The molecule has 0 saturated carbocycles. The fraction of sp³-hybridized carbons (Fsp3) is 0.167. The van der Waals surface area contributed by atoms with E-state index in [1.165, 1.54) is 19.1 Å². The summed E-state index contributed by atoms with van der Waals surface area (Å²) in [5.74, 6) is 0.0560. The van der Waals surface area contributed by atoms with Crippen molar-refractivity contribution in [3.63, 3.8) is 0 Å². The molecule has 7 nitrogen and oxygen atoms in total. The molecule has 2 amide bonds. The largest absolute Gasteiger partial charge is 0.497 e. The SMILES string of the molecule is COc1cc(NC(=O)CN2C(=O)C(O)(c3ccccc3)c3ccccc32)cc(OC)c1. The number of nitrogens with one attached hydrogen (secondary N) is 1. The molecule has 2 N–H and O–H groups in total. The van der Waals surface area contributed by atoms with Gasteiger partial charge in [-0.3, -0.25) is 14.5 Å². The first-order valence-corrected chi connectivity index (χ1v) is 9.69. The molecule has 0 bridgehead atoms. The van der Waals surface area contributed by atoms with E-state index in [0.717, 1.165) is 0 Å². The Morgan fingerprint density at radius 1 is 0.968 bits per heavy atom. The molecule has 0 saturated heterocycles. The molecular formula is C24H22N2O5. The van der Waals surface area contributed by atoms with E-state index in [1.807, 2.05) is 6.07 Å². The van der Waals surface area contributed by atoms with Gasteiger partial charge in [0.25, 0.3) is 5.91 Å². The molecule has 158 valence electrons. The van der Waals surface area contributed by atoms with Gasteiger partial charge in [-0.15, -0.1) is 0 Å². The zero-order valence-corrected chi connectivity index (χ0v) is 17.2. The van der Waals surface area contributed by atoms with Crippen LogP contribution in [0.2, 0.25) is 0 Å². The molecule has 0 aromatic heterocycles. The van der Waals surface area contributed by atoms with Crippen LogP contribution in [0, 0.1) is 0 Å². The molecule has 4 rings (SSSR count). The first kappa shape index (κ1) is 20.4. The Hall–Kier alpha value is -3.84. The first-order valence-electron chi connectivity index (χ1n) is 9.69. The minimum Gasteiger partial charge on any atom is -0.497 e. The van der Waals surface area contributed by atoms with E-state index in [-0.39, 0.29) is 6.54 Å². The van der Waals surface area contributed by atoms with Crippen LogP contribution in [0.5, 0.6) is 11.5 Å². The van der Waals surface area contributed by atoms with Crippen LogP contribution >= 0.6 is 0 Å². The normalized spacial score (nSPS) is 17.3. The molecule has 7 heteroatoms. The Bertz CT molecular complexity index is 1110. The molecule has 1 heterocycles. The second-order valence-corrected chi connectivity index (χ2v) is 7.13. The summed E-state index contributed by atoms with van der Waals surface area (Å²) in [6.45, 7) is -0.259. The number of fused-ring (bicyclic) bond motifs is 1. The van der Waals surface area contributed by atoms with Crippen molar-refractivity contribution in [1.29, 1.82) is 0 Å². The van der Waals surface area contributed by atoms with Gasteiger partial charge < -0.3 is 19.9 Å². The third kappa shape index (κ3) is 3.60. The van der Waals surface area contributed by atoms with Crippen LogP contribution in [0.3, 0.4) is 0 Å². The fourth-order valence-corrected chi connectivity index (χ4v) is 3.77. The topological polar surface area (TPSA) is 88.1 Å². The first-order chi connectivity index (χ1) is 15.0. The Labute approximate surface area is 179 Å². The number of amides is 2. The number of carbonyl (C=O) groups excluding carboxylic acids is 2. The van der Waals surface area contributed by atoms with Crippen molar-refractivity contribution in [2.24, 2.45) is 0 Å². The molecule has 31 heavy (non-hydrogen) atoms. The summed E-state index contributed by atoms with van der Waals surface area (Å²) >= 11 is 0. The van der Waals surface area contributed by atoms with Gasteiger partial charge in [-0.2, -0.15) is 0 Å². The third-order valence-electron chi connectivity index (χ3n) is 5.27. The number of benzene rings is 3. The lowest BCUT2D eigenvalue weighted by Crippen LogP contribution is -2.44. The molecule has 3 aromatic carbocycles. The smallest absolute Gasteiger partial charge is 0.268 e. The van der Waals surface area contributed by atoms with Gasteiger partial charge in [0.15, 0.2) is 5.60 Å². The predicted octanol–water partition coefficient (Wildman–Crippen LogP) is 2.93. The second kappa shape index (κ2) is 8.12. The zero-order chi connectivity index (χ0) is 22.0. The average molecular weight is 418 g/mol. The van der Waals surface area contributed by atoms with Crippen molar-refractivity contribution >= 4 is 23.2 Å². The summed E-state index contributed by atoms with van der Waals surface area (Å²) in [5, 5.41) is 14.2. The minimum absolute atomic E-state index is 0.259. The molecule has 0 radical (unpaired) electrons. The highest BCUT2D eigenvalue weighted by atomic mass is 16.5. The molecule has 1 unspecified atom stereocenters. The fourth-order valence-electron chi connectivity index (χ4n) is 3.77. The van der Waals surface area contributed by atoms with E-state index in [2.05, 4.69) is 5.32 Å². The average Bonchev–Trinajstić information content (AvgIpc) is 3.02. The number of methoxy groups -OCH3 is 2. The molecule has 1 aliphatic heterocycles. The maximum absolute atomic E-state index is 13.3. The number of rotatable bonds is 6. The Morgan fingerprint density at radius 2 is 1.58 bits per heavy atom. The van der Waals surface area contributed by atoms with Crippen molar-refractivity contribution in [2.45, 2.75) is 5.60 Å². The summed E-state index contributed by atoms with van der Waals surface area (Å²) in [5.41, 5.74) is 0.0174. The van der Waals surface area contributed by atoms with E-state index < -0.39 is 17.4 Å². The van der Waals surface area contributed by atoms with E-state index in [1.54, 1.807) is 66.7 Å². The number of hydrogen-bond acceptors (Lipinski definition) is 5. The number of para-hydroxylation sites is 1. The monoisotopic (exact) mass is 418 g/mol. The summed E-state index contributed by atoms with van der Waals surface area (Å²) in [7, 11) is 3.04. The van der Waals surface area contributed by atoms with Crippen LogP contribution in [0.4, 0.5) is 11.4 Å². The Morgan fingerprint density at radius 3 is 2.23 bits per heavy atom. The van der Waals surface area contributed by atoms with E-state index in [9.17, 15) is 14.7 Å². The molecule has 3 aromatic rings. The van der Waals surface area contributed by atoms with Gasteiger partial charge in [0.05, 0.1) is 19.9 Å². The quantitative estimate of drug-likeness (QED) is 0.643. The lowest BCUT2D eigenvalue weighted by Gasteiger charge is -2.23. The van der Waals surface area contributed by atoms with Crippen molar-refractivity contribution < 1.29 is 24.2 Å². The highest BCUT2D eigenvalue weighted by molar-refractivity contribution is 6.12. The van der Waals surface area contributed by atoms with E-state index >= 15 is 0 Å². The van der Waals surface area contributed by atoms with E-state index in [4.69, 9.17) is 9.47 Å². The van der Waals surface area contributed by atoms with Crippen molar-refractivity contribution in [1.82, 2.24) is 0 Å². The predicted molar refractivity (Wildman–Crippen MR) is 116 cm³/mol. The Kier molecular flexibility index (Phi) is 5.35. The number of carbonyl (C=O) groups is 2. The minimum atomic E-state index is -1.85. The summed E-state index contributed by atoms with van der Waals surface area (Å²) < 4.78 is 10.4. The van der Waals surface area contributed by atoms with Crippen LogP contribution < -0.4 is 19.7 Å². The van der Waals surface area contributed by atoms with Crippen LogP contribution in [-0.2, 0) is 15.2 Å². The maximum atomic E-state index is 13.3. The second-order valence-electron chi connectivity index (χ2n) is 7.13. The third-order valence-corrected chi connectivity index (χ3v) is 5.27. The van der Waals surface area contributed by atoms with Gasteiger partial charge in [0.2, 0.25) is 5.91 Å². The van der Waals surface area contributed by atoms with Gasteiger partial charge in [-0.05, 0) is 11.6 Å². The number of nitrogens with zero attached hydrogens (tertiary/aromatic N) is 1. The summed E-state index contributed by atoms with van der Waals surface area (Å²) in [6, 6.07) is 20.7. The lowest BCUT2D eigenvalue weighted by atomic mass is 9.88. The molecule has 0 spiro atoms. The molecule has 0 aliphatic carbocycles. The molecule has 1 atom stereocenters. The number of hydrogen-bond donors (Lipinski definition) is 2. The van der Waals surface area contributed by atoms with Crippen LogP contribution in [-0.4, -0.2) is 37.7 Å². The van der Waals surface area contributed by atoms with Crippen LogP contribution in [0.15, 0.2) is 72.8 Å². The molecule has 1 aliphatic rings. The highest BCUT2D eigenvalue weighted by Gasteiger charge is 2.51. The van der Waals surface area contributed by atoms with Gasteiger partial charge in [-0.1, -0.05) is 48.5 Å². The van der Waals surface area contributed by atoms with Crippen LogP contribution in [0.25, 0.3) is 0 Å². The maximum Gasteiger partial charge on any atom is 0.268 e. The Balaban J connectivity index is 1.62. The van der Waals surface area contributed by atoms with Gasteiger partial charge in [0.1, 0.15) is 18.0 Å².